The number of aromatic nitrogens is 2. The molecule has 0 bridgehead atoms. The predicted molar refractivity (Wildman–Crippen MR) is 135 cm³/mol. The summed E-state index contributed by atoms with van der Waals surface area (Å²) in [6.07, 6.45) is -0.974. The van der Waals surface area contributed by atoms with E-state index in [1.807, 2.05) is 0 Å². The molecule has 6 rings (SSSR count). The number of benzene rings is 1. The molecule has 1 fully saturated rings. The Morgan fingerprint density at radius 3 is 2.76 bits per heavy atom. The zero-order valence-corrected chi connectivity index (χ0v) is 20.8. The number of nitro groups is 1. The summed E-state index contributed by atoms with van der Waals surface area (Å²) < 4.78 is 12.5. The van der Waals surface area contributed by atoms with Crippen molar-refractivity contribution in [1.29, 1.82) is 0 Å². The largest absolute Gasteiger partial charge is 0.440 e. The van der Waals surface area contributed by atoms with Crippen LogP contribution in [0.3, 0.4) is 0 Å². The van der Waals surface area contributed by atoms with E-state index in [9.17, 15) is 24.8 Å². The minimum absolute atomic E-state index is 0.0316. The third-order valence-corrected chi connectivity index (χ3v) is 7.64. The number of hydrogen-bond acceptors (Lipinski definition) is 10. The zero-order valence-electron chi connectivity index (χ0n) is 20.8. The number of nitro benzene ring substituents is 1. The molecule has 3 aliphatic heterocycles. The highest BCUT2D eigenvalue weighted by molar-refractivity contribution is 5.87. The molecule has 38 heavy (non-hydrogen) atoms. The van der Waals surface area contributed by atoms with Gasteiger partial charge in [0.25, 0.3) is 11.2 Å². The van der Waals surface area contributed by atoms with Crippen molar-refractivity contribution < 1.29 is 24.3 Å². The normalized spacial score (nSPS) is 22.6. The Bertz CT molecular complexity index is 1530. The number of aliphatic hydroxyl groups is 1. The van der Waals surface area contributed by atoms with Crippen LogP contribution in [0.5, 0.6) is 0 Å². The van der Waals surface area contributed by atoms with Gasteiger partial charge in [-0.15, -0.1) is 0 Å². The van der Waals surface area contributed by atoms with Crippen LogP contribution < -0.4 is 10.9 Å². The Balaban J connectivity index is 1.40. The van der Waals surface area contributed by atoms with Crippen molar-refractivity contribution in [1.82, 2.24) is 19.8 Å². The molecule has 1 aromatic carbocycles. The highest BCUT2D eigenvalue weighted by Gasteiger charge is 2.48. The second-order valence-corrected chi connectivity index (χ2v) is 9.79. The summed E-state index contributed by atoms with van der Waals surface area (Å²) in [6, 6.07) is 7.86. The predicted octanol–water partition coefficient (Wildman–Crippen LogP) is 1.41. The maximum absolute atomic E-state index is 13.9. The smallest absolute Gasteiger partial charge is 0.344 e. The summed E-state index contributed by atoms with van der Waals surface area (Å²) in [5.41, 5.74) is 0.320. The molecule has 5 heterocycles. The molecule has 0 aliphatic carbocycles. The summed E-state index contributed by atoms with van der Waals surface area (Å²) >= 11 is 0. The minimum atomic E-state index is -1.97. The standard InChI is InChI=1S/C26H27N5O7/c1-2-26(34)18-13-20-22-16(11-15-12-17(31(35)36)3-4-19(15)28-22)14-30(20)24(32)21(18)23(38-25(26)33)27-5-6-29-7-9-37-10-8-29/h3-4,11-13,23,27,34H,2,5-10,14H2,1H3/t23?,26-/m0/s1. The summed E-state index contributed by atoms with van der Waals surface area (Å²) in [5, 5.41) is 26.3. The highest BCUT2D eigenvalue weighted by atomic mass is 16.6. The topological polar surface area (TPSA) is 149 Å². The van der Waals surface area contributed by atoms with Crippen LogP contribution in [0.25, 0.3) is 22.3 Å². The van der Waals surface area contributed by atoms with Gasteiger partial charge in [0.15, 0.2) is 11.8 Å². The molecule has 3 aliphatic rings. The number of ether oxygens (including phenoxy) is 2. The van der Waals surface area contributed by atoms with Gasteiger partial charge in [-0.2, -0.15) is 0 Å². The van der Waals surface area contributed by atoms with Crippen LogP contribution in [0.2, 0.25) is 0 Å². The fourth-order valence-corrected chi connectivity index (χ4v) is 5.48. The van der Waals surface area contributed by atoms with Gasteiger partial charge in [0.2, 0.25) is 0 Å². The molecule has 2 aromatic heterocycles. The number of esters is 1. The molecule has 198 valence electrons. The number of carbonyl (C=O) groups is 1. The van der Waals surface area contributed by atoms with E-state index in [2.05, 4.69) is 15.2 Å². The first-order valence-corrected chi connectivity index (χ1v) is 12.6. The molecule has 0 amide bonds. The van der Waals surface area contributed by atoms with Crippen LogP contribution in [-0.2, 0) is 26.4 Å². The van der Waals surface area contributed by atoms with Gasteiger partial charge in [0.1, 0.15) is 0 Å². The molecule has 0 spiro atoms. The summed E-state index contributed by atoms with van der Waals surface area (Å²) in [7, 11) is 0. The Labute approximate surface area is 216 Å². The Morgan fingerprint density at radius 1 is 1.24 bits per heavy atom. The van der Waals surface area contributed by atoms with Crippen LogP contribution in [-0.4, -0.2) is 69.8 Å². The number of hydrogen-bond donors (Lipinski definition) is 2. The third kappa shape index (κ3) is 3.88. The molecule has 1 unspecified atom stereocenters. The van der Waals surface area contributed by atoms with Crippen LogP contribution in [0, 0.1) is 10.1 Å². The molecule has 12 heteroatoms. The van der Waals surface area contributed by atoms with Crippen molar-refractivity contribution in [3.63, 3.8) is 0 Å². The van der Waals surface area contributed by atoms with E-state index in [1.165, 1.54) is 12.1 Å². The minimum Gasteiger partial charge on any atom is -0.440 e. The van der Waals surface area contributed by atoms with Crippen molar-refractivity contribution >= 4 is 22.6 Å². The Kier molecular flexibility index (Phi) is 5.99. The number of non-ortho nitro benzene ring substituents is 1. The first-order chi connectivity index (χ1) is 18.3. The fraction of sp³-hybridized carbons (Fsp3) is 0.423. The SMILES string of the molecule is CC[C@@]1(O)C(=O)OC(NCCN2CCOCC2)c2c1cc1n(c2=O)Cc2cc3cc([N+](=O)[O-])ccc3nc2-1. The fourth-order valence-electron chi connectivity index (χ4n) is 5.48. The molecular weight excluding hydrogens is 494 g/mol. The van der Waals surface area contributed by atoms with Crippen molar-refractivity contribution in [3.05, 3.63) is 67.5 Å². The molecule has 3 aromatic rings. The van der Waals surface area contributed by atoms with Crippen molar-refractivity contribution in [2.75, 3.05) is 39.4 Å². The molecule has 2 N–H and O–H groups in total. The van der Waals surface area contributed by atoms with Crippen LogP contribution >= 0.6 is 0 Å². The van der Waals surface area contributed by atoms with E-state index in [0.29, 0.717) is 48.6 Å². The number of cyclic esters (lactones) is 1. The molecular formula is C26H27N5O7. The van der Waals surface area contributed by atoms with E-state index < -0.39 is 22.7 Å². The summed E-state index contributed by atoms with van der Waals surface area (Å²) in [5.74, 6) is -0.808. The lowest BCUT2D eigenvalue weighted by Gasteiger charge is -2.36. The third-order valence-electron chi connectivity index (χ3n) is 7.64. The van der Waals surface area contributed by atoms with Crippen molar-refractivity contribution in [3.8, 4) is 11.4 Å². The number of nitrogens with zero attached hydrogens (tertiary/aromatic N) is 4. The first kappa shape index (κ1) is 24.6. The Morgan fingerprint density at radius 2 is 2.03 bits per heavy atom. The van der Waals surface area contributed by atoms with E-state index in [0.717, 1.165) is 18.7 Å². The lowest BCUT2D eigenvalue weighted by molar-refractivity contribution is -0.384. The average Bonchev–Trinajstić information content (AvgIpc) is 3.28. The number of carbonyl (C=O) groups excluding carboxylic acids is 1. The number of fused-ring (bicyclic) bond motifs is 5. The van der Waals surface area contributed by atoms with Gasteiger partial charge >= 0.3 is 5.97 Å². The van der Waals surface area contributed by atoms with Gasteiger partial charge in [-0.1, -0.05) is 6.92 Å². The first-order valence-electron chi connectivity index (χ1n) is 12.6. The monoisotopic (exact) mass is 521 g/mol. The molecule has 1 saturated heterocycles. The average molecular weight is 522 g/mol. The second-order valence-electron chi connectivity index (χ2n) is 9.79. The van der Waals surface area contributed by atoms with Crippen LogP contribution in [0.1, 0.15) is 36.3 Å². The van der Waals surface area contributed by atoms with Gasteiger partial charge in [-0.3, -0.25) is 25.1 Å². The quantitative estimate of drug-likeness (QED) is 0.217. The highest BCUT2D eigenvalue weighted by Crippen LogP contribution is 2.41. The van der Waals surface area contributed by atoms with Crippen LogP contribution in [0.15, 0.2) is 35.1 Å². The molecule has 0 saturated carbocycles. The summed E-state index contributed by atoms with van der Waals surface area (Å²) in [4.78, 5) is 44.5. The zero-order chi connectivity index (χ0) is 26.6. The molecule has 0 radical (unpaired) electrons. The maximum atomic E-state index is 13.9. The second kappa shape index (κ2) is 9.24. The van der Waals surface area contributed by atoms with E-state index in [4.69, 9.17) is 9.47 Å². The molecule has 2 atom stereocenters. The molecule has 12 nitrogen and oxygen atoms in total. The number of morpholine rings is 1. The van der Waals surface area contributed by atoms with E-state index >= 15 is 0 Å². The van der Waals surface area contributed by atoms with E-state index in [1.54, 1.807) is 29.7 Å². The van der Waals surface area contributed by atoms with Crippen LogP contribution in [0.4, 0.5) is 5.69 Å². The Hall–Kier alpha value is -3.71. The maximum Gasteiger partial charge on any atom is 0.344 e. The van der Waals surface area contributed by atoms with Gasteiger partial charge in [0.05, 0.1) is 47.1 Å². The van der Waals surface area contributed by atoms with E-state index in [-0.39, 0.29) is 35.3 Å². The number of nitrogens with one attached hydrogen (secondary N) is 1. The number of pyridine rings is 2. The van der Waals surface area contributed by atoms with Crippen molar-refractivity contribution in [2.45, 2.75) is 31.7 Å². The number of rotatable bonds is 6. The van der Waals surface area contributed by atoms with Gasteiger partial charge < -0.3 is 19.1 Å². The van der Waals surface area contributed by atoms with Gasteiger partial charge in [-0.25, -0.2) is 9.78 Å². The van der Waals surface area contributed by atoms with Gasteiger partial charge in [0, 0.05) is 54.8 Å². The lowest BCUT2D eigenvalue weighted by atomic mass is 9.85. The van der Waals surface area contributed by atoms with Crippen molar-refractivity contribution in [2.24, 2.45) is 0 Å². The van der Waals surface area contributed by atoms with Gasteiger partial charge in [-0.05, 0) is 24.6 Å². The lowest BCUT2D eigenvalue weighted by Crippen LogP contribution is -2.50. The summed E-state index contributed by atoms with van der Waals surface area (Å²) in [6.45, 7) is 5.95.